The summed E-state index contributed by atoms with van der Waals surface area (Å²) in [7, 11) is 0. The van der Waals surface area contributed by atoms with Crippen molar-refractivity contribution in [2.75, 3.05) is 13.1 Å². The van der Waals surface area contributed by atoms with Gasteiger partial charge in [0.1, 0.15) is 5.60 Å². The van der Waals surface area contributed by atoms with E-state index in [0.717, 1.165) is 12.0 Å². The molecule has 33 heavy (non-hydrogen) atoms. The number of hydrogen-bond donors (Lipinski definition) is 0. The Hall–Kier alpha value is -2.89. The number of hydrogen-bond acceptors (Lipinski definition) is 5. The van der Waals surface area contributed by atoms with Crippen molar-refractivity contribution in [2.45, 2.75) is 58.3 Å². The fraction of sp³-hybridized carbons (Fsp3) is 0.393. The normalized spacial score (nSPS) is 19.4. The van der Waals surface area contributed by atoms with Crippen molar-refractivity contribution in [3.8, 4) is 0 Å². The Kier molecular flexibility index (Phi) is 7.01. The molecule has 0 N–H and O–H groups in total. The molecule has 1 heterocycles. The molecule has 0 amide bonds. The lowest BCUT2D eigenvalue weighted by atomic mass is 9.87. The second-order valence-corrected chi connectivity index (χ2v) is 9.78. The van der Waals surface area contributed by atoms with Crippen LogP contribution in [0.3, 0.4) is 0 Å². The smallest absolute Gasteiger partial charge is 0.427 e. The highest BCUT2D eigenvalue weighted by molar-refractivity contribution is 5.82. The maximum Gasteiger partial charge on any atom is 0.528 e. The van der Waals surface area contributed by atoms with Gasteiger partial charge in [-0.2, -0.15) is 0 Å². The van der Waals surface area contributed by atoms with Crippen molar-refractivity contribution in [2.24, 2.45) is 0 Å². The molecule has 1 fully saturated rings. The quantitative estimate of drug-likeness (QED) is 0.424. The molecule has 0 bridgehead atoms. The molecule has 1 aliphatic heterocycles. The van der Waals surface area contributed by atoms with Crippen LogP contribution in [0.2, 0.25) is 0 Å². The molecule has 5 heteroatoms. The van der Waals surface area contributed by atoms with Crippen LogP contribution in [0.1, 0.15) is 49.8 Å². The summed E-state index contributed by atoms with van der Waals surface area (Å²) in [5.74, 6) is 0.226. The number of fused-ring (bicyclic) bond motifs is 1. The molecule has 174 valence electrons. The predicted molar refractivity (Wildman–Crippen MR) is 130 cm³/mol. The van der Waals surface area contributed by atoms with Crippen molar-refractivity contribution in [3.05, 3.63) is 83.4 Å². The van der Waals surface area contributed by atoms with Gasteiger partial charge in [-0.1, -0.05) is 66.2 Å². The Morgan fingerprint density at radius 1 is 1.00 bits per heavy atom. The molecule has 2 unspecified atom stereocenters. The number of ether oxygens (including phenoxy) is 2. The highest BCUT2D eigenvalue weighted by Crippen LogP contribution is 2.32. The van der Waals surface area contributed by atoms with Gasteiger partial charge in [0.15, 0.2) is 0 Å². The molecule has 2 atom stereocenters. The minimum Gasteiger partial charge on any atom is -0.427 e. The first kappa shape index (κ1) is 23.3. The first-order chi connectivity index (χ1) is 15.8. The van der Waals surface area contributed by atoms with Crippen LogP contribution >= 0.6 is 0 Å². The van der Waals surface area contributed by atoms with Crippen LogP contribution in [-0.4, -0.2) is 36.0 Å². The van der Waals surface area contributed by atoms with Gasteiger partial charge in [-0.3, -0.25) is 0 Å². The Bertz CT molecular complexity index is 1090. The highest BCUT2D eigenvalue weighted by atomic mass is 16.8. The van der Waals surface area contributed by atoms with E-state index in [-0.39, 0.29) is 12.0 Å². The van der Waals surface area contributed by atoms with Gasteiger partial charge in [0.2, 0.25) is 0 Å². The van der Waals surface area contributed by atoms with E-state index in [1.807, 2.05) is 32.9 Å². The highest BCUT2D eigenvalue weighted by Gasteiger charge is 2.34. The van der Waals surface area contributed by atoms with Crippen molar-refractivity contribution in [1.29, 1.82) is 0 Å². The second kappa shape index (κ2) is 9.94. The summed E-state index contributed by atoms with van der Waals surface area (Å²) in [6.07, 6.45) is 0.0359. The summed E-state index contributed by atoms with van der Waals surface area (Å²) in [6.45, 7) is 9.19. The van der Waals surface area contributed by atoms with Crippen LogP contribution < -0.4 is 0 Å². The first-order valence-corrected chi connectivity index (χ1v) is 11.6. The van der Waals surface area contributed by atoms with E-state index in [0.29, 0.717) is 19.7 Å². The number of carbonyl (C=O) groups excluding carboxylic acids is 1. The van der Waals surface area contributed by atoms with Crippen molar-refractivity contribution in [3.63, 3.8) is 0 Å². The largest absolute Gasteiger partial charge is 0.528 e. The van der Waals surface area contributed by atoms with Crippen LogP contribution in [-0.2, 0) is 20.9 Å². The summed E-state index contributed by atoms with van der Waals surface area (Å²) >= 11 is 0. The lowest BCUT2D eigenvalue weighted by molar-refractivity contribution is -0.179. The summed E-state index contributed by atoms with van der Waals surface area (Å²) in [6, 6.07) is 23.4. The molecule has 1 saturated heterocycles. The van der Waals surface area contributed by atoms with Gasteiger partial charge in [-0.25, -0.2) is 4.79 Å². The summed E-state index contributed by atoms with van der Waals surface area (Å²) in [5, 5.41) is 4.09. The van der Waals surface area contributed by atoms with E-state index in [1.165, 1.54) is 21.9 Å². The number of rotatable bonds is 5. The molecule has 5 nitrogen and oxygen atoms in total. The lowest BCUT2D eigenvalue weighted by Gasteiger charge is -2.37. The molecule has 0 radical (unpaired) electrons. The molecule has 0 aliphatic carbocycles. The molecular weight excluding hydrogens is 414 g/mol. The van der Waals surface area contributed by atoms with Gasteiger partial charge in [-0.15, -0.1) is 5.06 Å². The van der Waals surface area contributed by atoms with Gasteiger partial charge in [0, 0.05) is 12.5 Å². The molecule has 0 spiro atoms. The van der Waals surface area contributed by atoms with E-state index in [1.54, 1.807) is 5.06 Å². The fourth-order valence-electron chi connectivity index (χ4n) is 4.24. The van der Waals surface area contributed by atoms with E-state index in [4.69, 9.17) is 14.3 Å². The lowest BCUT2D eigenvalue weighted by Crippen LogP contribution is -2.45. The standard InChI is InChI=1S/C28H33NO4/c1-20-9-12-23(13-10-20)25-15-16-29(33-27(30)32-28(2,3)4)18-26(25)31-19-21-11-14-22-7-5-6-8-24(22)17-21/h5-14,17,25-26H,15-16,18-19H2,1-4H3. The maximum atomic E-state index is 12.2. The topological polar surface area (TPSA) is 48.0 Å². The van der Waals surface area contributed by atoms with E-state index < -0.39 is 11.8 Å². The molecule has 3 aromatic carbocycles. The van der Waals surface area contributed by atoms with Gasteiger partial charge >= 0.3 is 6.16 Å². The van der Waals surface area contributed by atoms with Crippen LogP contribution in [0, 0.1) is 6.92 Å². The Morgan fingerprint density at radius 3 is 2.45 bits per heavy atom. The van der Waals surface area contributed by atoms with Crippen molar-refractivity contribution >= 4 is 16.9 Å². The number of piperidine rings is 1. The first-order valence-electron chi connectivity index (χ1n) is 11.6. The van der Waals surface area contributed by atoms with Gasteiger partial charge in [0.25, 0.3) is 0 Å². The zero-order valence-corrected chi connectivity index (χ0v) is 19.9. The molecule has 0 aromatic heterocycles. The third kappa shape index (κ3) is 6.34. The SMILES string of the molecule is Cc1ccc(C2CCN(OC(=O)OC(C)(C)C)CC2OCc2ccc3ccccc3c2)cc1. The maximum absolute atomic E-state index is 12.2. The number of benzene rings is 3. The zero-order chi connectivity index (χ0) is 23.4. The van der Waals surface area contributed by atoms with Crippen molar-refractivity contribution in [1.82, 2.24) is 5.06 Å². The minimum atomic E-state index is -0.676. The summed E-state index contributed by atoms with van der Waals surface area (Å²) in [4.78, 5) is 17.7. The molecule has 1 aliphatic rings. The van der Waals surface area contributed by atoms with Crippen LogP contribution in [0.4, 0.5) is 4.79 Å². The van der Waals surface area contributed by atoms with Gasteiger partial charge in [-0.05, 0) is 62.1 Å². The monoisotopic (exact) mass is 447 g/mol. The van der Waals surface area contributed by atoms with Gasteiger partial charge in [0.05, 0.1) is 19.3 Å². The molecule has 0 saturated carbocycles. The van der Waals surface area contributed by atoms with Crippen LogP contribution in [0.25, 0.3) is 10.8 Å². The third-order valence-electron chi connectivity index (χ3n) is 5.90. The van der Waals surface area contributed by atoms with E-state index in [9.17, 15) is 4.79 Å². The van der Waals surface area contributed by atoms with E-state index >= 15 is 0 Å². The van der Waals surface area contributed by atoms with Crippen molar-refractivity contribution < 1.29 is 19.1 Å². The number of hydroxylamine groups is 2. The van der Waals surface area contributed by atoms with E-state index in [2.05, 4.69) is 61.5 Å². The van der Waals surface area contributed by atoms with Crippen LogP contribution in [0.5, 0.6) is 0 Å². The average molecular weight is 448 g/mol. The Morgan fingerprint density at radius 2 is 1.73 bits per heavy atom. The minimum absolute atomic E-state index is 0.115. The number of carbonyl (C=O) groups is 1. The molecule has 3 aromatic rings. The summed E-state index contributed by atoms with van der Waals surface area (Å²) < 4.78 is 11.8. The fourth-order valence-corrected chi connectivity index (χ4v) is 4.24. The van der Waals surface area contributed by atoms with Crippen LogP contribution in [0.15, 0.2) is 66.7 Å². The third-order valence-corrected chi connectivity index (χ3v) is 5.90. The molecule has 4 rings (SSSR count). The molecular formula is C28H33NO4. The Balaban J connectivity index is 1.48. The predicted octanol–water partition coefficient (Wildman–Crippen LogP) is 6.39. The second-order valence-electron chi connectivity index (χ2n) is 9.78. The number of nitrogens with zero attached hydrogens (tertiary/aromatic N) is 1. The summed E-state index contributed by atoms with van der Waals surface area (Å²) in [5.41, 5.74) is 3.02. The number of aryl methyl sites for hydroxylation is 1. The zero-order valence-electron chi connectivity index (χ0n) is 19.9. The Labute approximate surface area is 196 Å². The average Bonchev–Trinajstić information content (AvgIpc) is 2.77. The van der Waals surface area contributed by atoms with Gasteiger partial charge < -0.3 is 14.3 Å².